The minimum absolute atomic E-state index is 0.0794. The summed E-state index contributed by atoms with van der Waals surface area (Å²) in [5.74, 6) is -0.888. The Morgan fingerprint density at radius 1 is 0.299 bits per heavy atom. The van der Waals surface area contributed by atoms with Gasteiger partial charge in [0, 0.05) is 19.3 Å². The van der Waals surface area contributed by atoms with Gasteiger partial charge in [0.25, 0.3) is 0 Å². The molecule has 1 unspecified atom stereocenters. The summed E-state index contributed by atoms with van der Waals surface area (Å²) in [6.45, 7) is 6.58. The Morgan fingerprint density at radius 3 is 0.910 bits per heavy atom. The number of rotatable bonds is 53. The monoisotopic (exact) mass is 939 g/mol. The van der Waals surface area contributed by atoms with Gasteiger partial charge in [0.2, 0.25) is 0 Å². The molecule has 0 spiro atoms. The highest BCUT2D eigenvalue weighted by molar-refractivity contribution is 5.71. The molecule has 0 aromatic rings. The van der Waals surface area contributed by atoms with Crippen LogP contribution in [0.4, 0.5) is 0 Å². The molecule has 0 amide bonds. The van der Waals surface area contributed by atoms with E-state index in [1.165, 1.54) is 173 Å². The smallest absolute Gasteiger partial charge is 0.306 e. The molecule has 0 aliphatic heterocycles. The normalized spacial score (nSPS) is 12.3. The average molecular weight is 940 g/mol. The van der Waals surface area contributed by atoms with Gasteiger partial charge in [-0.05, 0) is 77.0 Å². The number of hydrogen-bond acceptors (Lipinski definition) is 6. The summed E-state index contributed by atoms with van der Waals surface area (Å²) < 4.78 is 16.8. The van der Waals surface area contributed by atoms with Crippen molar-refractivity contribution in [3.05, 3.63) is 48.6 Å². The van der Waals surface area contributed by atoms with E-state index in [0.717, 1.165) is 89.9 Å². The lowest BCUT2D eigenvalue weighted by molar-refractivity contribution is -0.167. The molecular formula is C61H110O6. The van der Waals surface area contributed by atoms with Crippen LogP contribution >= 0.6 is 0 Å². The lowest BCUT2D eigenvalue weighted by Gasteiger charge is -2.18. The van der Waals surface area contributed by atoms with E-state index in [0.29, 0.717) is 19.3 Å². The van der Waals surface area contributed by atoms with Gasteiger partial charge in [-0.15, -0.1) is 0 Å². The van der Waals surface area contributed by atoms with E-state index in [2.05, 4.69) is 69.4 Å². The van der Waals surface area contributed by atoms with Crippen LogP contribution in [0.25, 0.3) is 0 Å². The van der Waals surface area contributed by atoms with Crippen molar-refractivity contribution < 1.29 is 28.6 Å². The SMILES string of the molecule is CCC/C=C\CCCCCCCC(=O)OCC(COC(=O)CCCCCCCC/C=C\C/C=C\C/C=C\CCCCCCC)OC(=O)CCCCCCCCCCCCCCCCCCCC. The number of carbonyl (C=O) groups is 3. The highest BCUT2D eigenvalue weighted by Gasteiger charge is 2.19. The van der Waals surface area contributed by atoms with Crippen LogP contribution in [-0.2, 0) is 28.6 Å². The zero-order valence-corrected chi connectivity index (χ0v) is 44.7. The van der Waals surface area contributed by atoms with Crippen LogP contribution in [0.3, 0.4) is 0 Å². The lowest BCUT2D eigenvalue weighted by atomic mass is 10.0. The second-order valence-electron chi connectivity index (χ2n) is 19.6. The molecule has 1 atom stereocenters. The van der Waals surface area contributed by atoms with Gasteiger partial charge in [-0.25, -0.2) is 0 Å². The average Bonchev–Trinajstić information content (AvgIpc) is 3.33. The Hall–Kier alpha value is -2.63. The van der Waals surface area contributed by atoms with Crippen molar-refractivity contribution in [1.29, 1.82) is 0 Å². The Bertz CT molecular complexity index is 1170. The fourth-order valence-electron chi connectivity index (χ4n) is 8.39. The van der Waals surface area contributed by atoms with Crippen molar-refractivity contribution in [2.75, 3.05) is 13.2 Å². The van der Waals surface area contributed by atoms with Crippen LogP contribution in [0.2, 0.25) is 0 Å². The van der Waals surface area contributed by atoms with E-state index < -0.39 is 6.10 Å². The van der Waals surface area contributed by atoms with E-state index in [1.807, 2.05) is 0 Å². The van der Waals surface area contributed by atoms with E-state index in [-0.39, 0.29) is 31.1 Å². The molecular weight excluding hydrogens is 829 g/mol. The molecule has 0 aromatic heterocycles. The highest BCUT2D eigenvalue weighted by Crippen LogP contribution is 2.16. The maximum atomic E-state index is 12.8. The largest absolute Gasteiger partial charge is 0.462 e. The fourth-order valence-corrected chi connectivity index (χ4v) is 8.39. The quantitative estimate of drug-likeness (QED) is 0.0262. The van der Waals surface area contributed by atoms with E-state index in [9.17, 15) is 14.4 Å². The van der Waals surface area contributed by atoms with Crippen molar-refractivity contribution in [1.82, 2.24) is 0 Å². The van der Waals surface area contributed by atoms with Crippen molar-refractivity contribution in [2.45, 2.75) is 309 Å². The molecule has 0 bridgehead atoms. The minimum Gasteiger partial charge on any atom is -0.462 e. The van der Waals surface area contributed by atoms with Gasteiger partial charge in [-0.2, -0.15) is 0 Å². The molecule has 0 saturated carbocycles. The second kappa shape index (κ2) is 56.0. The first kappa shape index (κ1) is 64.4. The Balaban J connectivity index is 4.30. The highest BCUT2D eigenvalue weighted by atomic mass is 16.6. The first-order valence-corrected chi connectivity index (χ1v) is 29.1. The minimum atomic E-state index is -0.779. The third-order valence-electron chi connectivity index (χ3n) is 12.8. The third kappa shape index (κ3) is 54.2. The van der Waals surface area contributed by atoms with Crippen LogP contribution < -0.4 is 0 Å². The topological polar surface area (TPSA) is 78.9 Å². The molecule has 0 saturated heterocycles. The summed E-state index contributed by atoms with van der Waals surface area (Å²) in [4.78, 5) is 38.1. The molecule has 0 radical (unpaired) electrons. The van der Waals surface area contributed by atoms with Gasteiger partial charge in [-0.1, -0.05) is 256 Å². The molecule has 0 aromatic carbocycles. The molecule has 67 heavy (non-hydrogen) atoms. The van der Waals surface area contributed by atoms with Crippen LogP contribution in [-0.4, -0.2) is 37.2 Å². The van der Waals surface area contributed by atoms with Crippen LogP contribution in [0.15, 0.2) is 48.6 Å². The number of esters is 3. The molecule has 0 aliphatic rings. The van der Waals surface area contributed by atoms with Gasteiger partial charge >= 0.3 is 17.9 Å². The summed E-state index contributed by atoms with van der Waals surface area (Å²) in [5, 5.41) is 0. The Kier molecular flexibility index (Phi) is 53.8. The molecule has 0 rings (SSSR count). The van der Waals surface area contributed by atoms with E-state index in [4.69, 9.17) is 14.2 Å². The lowest BCUT2D eigenvalue weighted by Crippen LogP contribution is -2.30. The summed E-state index contributed by atoms with van der Waals surface area (Å²) >= 11 is 0. The van der Waals surface area contributed by atoms with Crippen LogP contribution in [0, 0.1) is 0 Å². The van der Waals surface area contributed by atoms with E-state index in [1.54, 1.807) is 0 Å². The number of hydrogen-bond donors (Lipinski definition) is 0. The molecule has 0 fully saturated rings. The molecule has 390 valence electrons. The zero-order chi connectivity index (χ0) is 48.6. The first-order chi connectivity index (χ1) is 33.0. The second-order valence-corrected chi connectivity index (χ2v) is 19.6. The summed E-state index contributed by atoms with van der Waals surface area (Å²) in [6.07, 6.45) is 68.2. The molecule has 6 heteroatoms. The van der Waals surface area contributed by atoms with Crippen molar-refractivity contribution in [3.63, 3.8) is 0 Å². The Labute approximate surface area is 416 Å². The van der Waals surface area contributed by atoms with Gasteiger partial charge in [0.1, 0.15) is 13.2 Å². The van der Waals surface area contributed by atoms with Gasteiger partial charge in [0.15, 0.2) is 6.10 Å². The zero-order valence-electron chi connectivity index (χ0n) is 44.7. The maximum absolute atomic E-state index is 12.8. The van der Waals surface area contributed by atoms with Gasteiger partial charge in [-0.3, -0.25) is 14.4 Å². The van der Waals surface area contributed by atoms with Crippen LogP contribution in [0.5, 0.6) is 0 Å². The van der Waals surface area contributed by atoms with Crippen LogP contribution in [0.1, 0.15) is 303 Å². The standard InChI is InChI=1S/C61H110O6/c1-4-7-10-13-16-19-22-24-26-28-30-31-32-34-35-37-39-42-45-48-51-54-60(63)66-57-58(56-65-59(62)53-50-47-44-41-21-18-15-12-9-6-3)67-61(64)55-52-49-46-43-40-38-36-33-29-27-25-23-20-17-14-11-8-5-2/h12,15,22,24,28,30,32,34,58H,4-11,13-14,16-21,23,25-27,29,31,33,35-57H2,1-3H3/b15-12-,24-22-,30-28-,34-32-. The number of allylic oxidation sites excluding steroid dienone is 8. The summed E-state index contributed by atoms with van der Waals surface area (Å²) in [7, 11) is 0. The molecule has 0 N–H and O–H groups in total. The first-order valence-electron chi connectivity index (χ1n) is 29.1. The molecule has 6 nitrogen and oxygen atoms in total. The molecule has 0 aliphatic carbocycles. The van der Waals surface area contributed by atoms with Gasteiger partial charge < -0.3 is 14.2 Å². The summed E-state index contributed by atoms with van der Waals surface area (Å²) in [6, 6.07) is 0. The Morgan fingerprint density at radius 2 is 0.567 bits per heavy atom. The van der Waals surface area contributed by atoms with Gasteiger partial charge in [0.05, 0.1) is 0 Å². The van der Waals surface area contributed by atoms with Crippen molar-refractivity contribution in [3.8, 4) is 0 Å². The number of ether oxygens (including phenoxy) is 3. The third-order valence-corrected chi connectivity index (χ3v) is 12.8. The fraction of sp³-hybridized carbons (Fsp3) is 0.820. The summed E-state index contributed by atoms with van der Waals surface area (Å²) in [5.41, 5.74) is 0. The number of carbonyl (C=O) groups excluding carboxylic acids is 3. The molecule has 0 heterocycles. The number of unbranched alkanes of at least 4 members (excludes halogenated alkanes) is 34. The van der Waals surface area contributed by atoms with Crippen molar-refractivity contribution in [2.24, 2.45) is 0 Å². The van der Waals surface area contributed by atoms with Crippen molar-refractivity contribution >= 4 is 17.9 Å². The predicted octanol–water partition coefficient (Wildman–Crippen LogP) is 19.4. The maximum Gasteiger partial charge on any atom is 0.306 e. The predicted molar refractivity (Wildman–Crippen MR) is 289 cm³/mol. The van der Waals surface area contributed by atoms with E-state index >= 15 is 0 Å².